The molecule has 118 valence electrons. The maximum absolute atomic E-state index is 12.0. The third-order valence-electron chi connectivity index (χ3n) is 3.82. The van der Waals surface area contributed by atoms with Crippen LogP contribution in [0.5, 0.6) is 0 Å². The normalized spacial score (nSPS) is 18.3. The van der Waals surface area contributed by atoms with Gasteiger partial charge in [-0.2, -0.15) is 0 Å². The first kappa shape index (κ1) is 14.7. The third kappa shape index (κ3) is 3.91. The van der Waals surface area contributed by atoms with E-state index in [1.54, 1.807) is 23.3 Å². The number of amides is 1. The molecule has 3 N–H and O–H groups in total. The lowest BCUT2D eigenvalue weighted by atomic mass is 10.00. The van der Waals surface area contributed by atoms with Gasteiger partial charge in [-0.05, 0) is 31.8 Å². The van der Waals surface area contributed by atoms with Crippen molar-refractivity contribution in [3.05, 3.63) is 30.1 Å². The molecule has 22 heavy (non-hydrogen) atoms. The first-order chi connectivity index (χ1) is 10.8. The zero-order valence-electron chi connectivity index (χ0n) is 12.5. The SMILES string of the molecule is O=C(NCCc1ncc[nH]1)c1cn(C[C@H]2CCCNC2)nn1. The van der Waals surface area contributed by atoms with E-state index in [9.17, 15) is 4.79 Å². The topological polar surface area (TPSA) is 101 Å². The first-order valence-corrected chi connectivity index (χ1v) is 7.68. The molecular weight excluding hydrogens is 282 g/mol. The van der Waals surface area contributed by atoms with Gasteiger partial charge in [0.1, 0.15) is 5.82 Å². The van der Waals surface area contributed by atoms with Crippen molar-refractivity contribution in [3.8, 4) is 0 Å². The molecule has 1 fully saturated rings. The molecule has 0 spiro atoms. The van der Waals surface area contributed by atoms with Crippen molar-refractivity contribution in [3.63, 3.8) is 0 Å². The Morgan fingerprint density at radius 2 is 2.45 bits per heavy atom. The van der Waals surface area contributed by atoms with Crippen LogP contribution in [0.1, 0.15) is 29.2 Å². The van der Waals surface area contributed by atoms with E-state index < -0.39 is 0 Å². The van der Waals surface area contributed by atoms with Gasteiger partial charge < -0.3 is 15.6 Å². The predicted octanol–water partition coefficient (Wildman–Crippen LogP) is -0.0267. The number of hydrogen-bond donors (Lipinski definition) is 3. The monoisotopic (exact) mass is 303 g/mol. The van der Waals surface area contributed by atoms with Gasteiger partial charge in [-0.15, -0.1) is 5.10 Å². The van der Waals surface area contributed by atoms with Crippen molar-refractivity contribution in [2.24, 2.45) is 5.92 Å². The van der Waals surface area contributed by atoms with Gasteiger partial charge in [-0.3, -0.25) is 9.48 Å². The Balaban J connectivity index is 1.46. The molecule has 2 aromatic rings. The van der Waals surface area contributed by atoms with E-state index in [4.69, 9.17) is 0 Å². The van der Waals surface area contributed by atoms with Gasteiger partial charge in [-0.25, -0.2) is 4.98 Å². The number of piperidine rings is 1. The Kier molecular flexibility index (Phi) is 4.79. The standard InChI is InChI=1S/C14H21N7O/c22-14(18-5-3-13-16-6-7-17-13)12-10-21(20-19-12)9-11-2-1-4-15-8-11/h6-7,10-11,15H,1-5,8-9H2,(H,16,17)(H,18,22)/t11-/m0/s1. The number of aromatic amines is 1. The molecule has 0 bridgehead atoms. The number of nitrogens with one attached hydrogen (secondary N) is 3. The number of hydrogen-bond acceptors (Lipinski definition) is 5. The average Bonchev–Trinajstić information content (AvgIpc) is 3.20. The fourth-order valence-electron chi connectivity index (χ4n) is 2.66. The second-order valence-corrected chi connectivity index (χ2v) is 5.58. The molecule has 2 aromatic heterocycles. The highest BCUT2D eigenvalue weighted by molar-refractivity contribution is 5.91. The summed E-state index contributed by atoms with van der Waals surface area (Å²) in [6, 6.07) is 0. The summed E-state index contributed by atoms with van der Waals surface area (Å²) in [5.74, 6) is 1.22. The van der Waals surface area contributed by atoms with Gasteiger partial charge in [0, 0.05) is 31.9 Å². The minimum Gasteiger partial charge on any atom is -0.350 e. The molecule has 0 saturated carbocycles. The molecule has 0 aliphatic carbocycles. The number of carbonyl (C=O) groups excluding carboxylic acids is 1. The van der Waals surface area contributed by atoms with E-state index in [-0.39, 0.29) is 5.91 Å². The zero-order chi connectivity index (χ0) is 15.2. The van der Waals surface area contributed by atoms with E-state index in [0.29, 0.717) is 24.6 Å². The van der Waals surface area contributed by atoms with Gasteiger partial charge in [0.25, 0.3) is 5.91 Å². The average molecular weight is 303 g/mol. The second kappa shape index (κ2) is 7.17. The summed E-state index contributed by atoms with van der Waals surface area (Å²) in [6.45, 7) is 3.42. The summed E-state index contributed by atoms with van der Waals surface area (Å²) >= 11 is 0. The molecule has 0 aromatic carbocycles. The molecule has 0 radical (unpaired) electrons. The van der Waals surface area contributed by atoms with Crippen molar-refractivity contribution in [2.75, 3.05) is 19.6 Å². The highest BCUT2D eigenvalue weighted by atomic mass is 16.2. The Morgan fingerprint density at radius 1 is 1.50 bits per heavy atom. The Hall–Kier alpha value is -2.22. The lowest BCUT2D eigenvalue weighted by molar-refractivity contribution is 0.0949. The van der Waals surface area contributed by atoms with Crippen LogP contribution in [0.2, 0.25) is 0 Å². The van der Waals surface area contributed by atoms with Gasteiger partial charge in [0.15, 0.2) is 5.69 Å². The van der Waals surface area contributed by atoms with Crippen LogP contribution in [0.25, 0.3) is 0 Å². The van der Waals surface area contributed by atoms with E-state index in [2.05, 4.69) is 30.9 Å². The molecule has 1 aliphatic rings. The molecule has 1 aliphatic heterocycles. The summed E-state index contributed by atoms with van der Waals surface area (Å²) in [5, 5.41) is 14.2. The Bertz CT molecular complexity index is 586. The van der Waals surface area contributed by atoms with E-state index >= 15 is 0 Å². The highest BCUT2D eigenvalue weighted by Crippen LogP contribution is 2.11. The molecule has 0 unspecified atom stereocenters. The molecule has 3 heterocycles. The van der Waals surface area contributed by atoms with Crippen LogP contribution in [-0.2, 0) is 13.0 Å². The van der Waals surface area contributed by atoms with Gasteiger partial charge in [0.2, 0.25) is 0 Å². The lowest BCUT2D eigenvalue weighted by Crippen LogP contribution is -2.32. The van der Waals surface area contributed by atoms with Crippen LogP contribution >= 0.6 is 0 Å². The van der Waals surface area contributed by atoms with Gasteiger partial charge in [0.05, 0.1) is 6.20 Å². The Morgan fingerprint density at radius 3 is 3.23 bits per heavy atom. The molecule has 8 heteroatoms. The van der Waals surface area contributed by atoms with Crippen LogP contribution < -0.4 is 10.6 Å². The van der Waals surface area contributed by atoms with Crippen LogP contribution in [0, 0.1) is 5.92 Å². The largest absolute Gasteiger partial charge is 0.350 e. The predicted molar refractivity (Wildman–Crippen MR) is 80.2 cm³/mol. The maximum atomic E-state index is 12.0. The number of H-pyrrole nitrogens is 1. The summed E-state index contributed by atoms with van der Waals surface area (Å²) in [7, 11) is 0. The summed E-state index contributed by atoms with van der Waals surface area (Å²) in [5.41, 5.74) is 0.364. The van der Waals surface area contributed by atoms with Crippen molar-refractivity contribution >= 4 is 5.91 Å². The van der Waals surface area contributed by atoms with Crippen molar-refractivity contribution in [1.29, 1.82) is 0 Å². The molecule has 1 saturated heterocycles. The minimum atomic E-state index is -0.195. The molecule has 1 amide bonds. The fourth-order valence-corrected chi connectivity index (χ4v) is 2.66. The summed E-state index contributed by atoms with van der Waals surface area (Å²) < 4.78 is 1.76. The molecule has 8 nitrogen and oxygen atoms in total. The molecule has 1 atom stereocenters. The van der Waals surface area contributed by atoms with Crippen LogP contribution in [-0.4, -0.2) is 50.5 Å². The minimum absolute atomic E-state index is 0.195. The highest BCUT2D eigenvalue weighted by Gasteiger charge is 2.16. The van der Waals surface area contributed by atoms with Crippen LogP contribution in [0.3, 0.4) is 0 Å². The Labute approximate surface area is 128 Å². The second-order valence-electron chi connectivity index (χ2n) is 5.58. The number of aromatic nitrogens is 5. The number of nitrogens with zero attached hydrogens (tertiary/aromatic N) is 4. The van der Waals surface area contributed by atoms with Crippen LogP contribution in [0.4, 0.5) is 0 Å². The quantitative estimate of drug-likeness (QED) is 0.696. The van der Waals surface area contributed by atoms with Crippen molar-refractivity contribution < 1.29 is 4.79 Å². The van der Waals surface area contributed by atoms with Gasteiger partial charge >= 0.3 is 0 Å². The lowest BCUT2D eigenvalue weighted by Gasteiger charge is -2.22. The number of imidazole rings is 1. The smallest absolute Gasteiger partial charge is 0.273 e. The summed E-state index contributed by atoms with van der Waals surface area (Å²) in [6.07, 6.45) is 8.24. The van der Waals surface area contributed by atoms with E-state index in [1.165, 1.54) is 12.8 Å². The fraction of sp³-hybridized carbons (Fsp3) is 0.571. The number of rotatable bonds is 6. The maximum Gasteiger partial charge on any atom is 0.273 e. The van der Waals surface area contributed by atoms with Crippen LogP contribution in [0.15, 0.2) is 18.6 Å². The molecule has 3 rings (SSSR count). The van der Waals surface area contributed by atoms with E-state index in [0.717, 1.165) is 25.5 Å². The number of carbonyl (C=O) groups is 1. The summed E-state index contributed by atoms with van der Waals surface area (Å²) in [4.78, 5) is 19.1. The third-order valence-corrected chi connectivity index (χ3v) is 3.82. The first-order valence-electron chi connectivity index (χ1n) is 7.68. The van der Waals surface area contributed by atoms with E-state index in [1.807, 2.05) is 0 Å². The van der Waals surface area contributed by atoms with Gasteiger partial charge in [-0.1, -0.05) is 5.21 Å². The molecular formula is C14H21N7O. The van der Waals surface area contributed by atoms with Crippen molar-refractivity contribution in [2.45, 2.75) is 25.8 Å². The zero-order valence-corrected chi connectivity index (χ0v) is 12.5. The van der Waals surface area contributed by atoms with Crippen molar-refractivity contribution in [1.82, 2.24) is 35.6 Å².